The highest BCUT2D eigenvalue weighted by Gasteiger charge is 2.53. The molecule has 18 heteroatoms. The number of hydrogen-bond acceptors (Lipinski definition) is 7. The van der Waals surface area contributed by atoms with E-state index >= 15 is 0 Å². The minimum atomic E-state index is -4.98. The van der Waals surface area contributed by atoms with Gasteiger partial charge in [0.05, 0.1) is 34.8 Å². The largest absolute Gasteiger partial charge is 0.417 e. The highest BCUT2D eigenvalue weighted by molar-refractivity contribution is 7.89. The monoisotopic (exact) mass is 683 g/mol. The second-order valence-electron chi connectivity index (χ2n) is 11.4. The minimum absolute atomic E-state index is 0.0462. The number of benzene rings is 1. The molecule has 2 atom stereocenters. The number of allylic oxidation sites excluding steroid dienone is 1. The van der Waals surface area contributed by atoms with Gasteiger partial charge in [0.1, 0.15) is 18.1 Å². The van der Waals surface area contributed by atoms with E-state index in [1.165, 1.54) is 42.2 Å². The van der Waals surface area contributed by atoms with Crippen LogP contribution in [0.25, 0.3) is 11.8 Å². The van der Waals surface area contributed by atoms with Crippen LogP contribution in [0.1, 0.15) is 46.6 Å². The van der Waals surface area contributed by atoms with Crippen molar-refractivity contribution in [1.82, 2.24) is 34.1 Å². The van der Waals surface area contributed by atoms with Crippen LogP contribution in [0, 0.1) is 11.2 Å². The molecule has 0 saturated heterocycles. The van der Waals surface area contributed by atoms with Crippen LogP contribution in [0.3, 0.4) is 0 Å². The van der Waals surface area contributed by atoms with E-state index in [4.69, 9.17) is 0 Å². The smallest absolute Gasteiger partial charge is 0.291 e. The molecular weight excluding hydrogens is 659 g/mol. The number of ketones is 1. The number of nitrogens with zero attached hydrogens (tertiary/aromatic N) is 7. The van der Waals surface area contributed by atoms with Crippen LogP contribution in [0.15, 0.2) is 65.6 Å². The predicted molar refractivity (Wildman–Crippen MR) is 150 cm³/mol. The van der Waals surface area contributed by atoms with E-state index in [1.54, 1.807) is 6.08 Å². The van der Waals surface area contributed by atoms with E-state index in [0.29, 0.717) is 34.8 Å². The summed E-state index contributed by atoms with van der Waals surface area (Å²) < 4.78 is 124. The molecule has 1 fully saturated rings. The summed E-state index contributed by atoms with van der Waals surface area (Å²) in [4.78, 5) is 19.0. The van der Waals surface area contributed by atoms with Crippen molar-refractivity contribution in [2.45, 2.75) is 49.1 Å². The molecule has 4 aromatic rings. The van der Waals surface area contributed by atoms with E-state index < -0.39 is 69.0 Å². The average molecular weight is 684 g/mol. The molecule has 0 spiro atoms. The zero-order chi connectivity index (χ0) is 33.9. The Morgan fingerprint density at radius 1 is 1.02 bits per heavy atom. The Morgan fingerprint density at radius 3 is 2.34 bits per heavy atom. The Balaban J connectivity index is 1.46. The third kappa shape index (κ3) is 6.06. The zero-order valence-electron chi connectivity index (χ0n) is 24.3. The summed E-state index contributed by atoms with van der Waals surface area (Å²) in [6.45, 7) is -1.88. The molecule has 0 bridgehead atoms. The second-order valence-corrected chi connectivity index (χ2v) is 13.2. The fourth-order valence-electron chi connectivity index (χ4n) is 6.21. The SMILES string of the molecule is Cn1ncc(S(=O)(=O)N(CC(F)(F)F)[C@H]2CCC3=Cc4c(cnn4-c4ccc(F)cc4)C[C@]3(C(=O)c3ccc(C(F)(F)F)cn3)C2)n1. The molecule has 0 amide bonds. The van der Waals surface area contributed by atoms with E-state index in [2.05, 4.69) is 20.3 Å². The number of halogens is 7. The van der Waals surface area contributed by atoms with Gasteiger partial charge >= 0.3 is 12.4 Å². The molecule has 0 radical (unpaired) electrons. The van der Waals surface area contributed by atoms with Gasteiger partial charge in [-0.25, -0.2) is 17.5 Å². The number of carbonyl (C=O) groups excluding carboxylic acids is 1. The number of Topliss-reactive ketones (excluding diaryl/α,β-unsaturated/α-hetero) is 1. The summed E-state index contributed by atoms with van der Waals surface area (Å²) in [5.74, 6) is -1.27. The Bertz CT molecular complexity index is 1970. The molecular formula is C29H24F7N7O3S. The van der Waals surface area contributed by atoms with Gasteiger partial charge in [0.25, 0.3) is 10.0 Å². The second kappa shape index (κ2) is 11.4. The summed E-state index contributed by atoms with van der Waals surface area (Å²) in [6.07, 6.45) is -6.16. The zero-order valence-corrected chi connectivity index (χ0v) is 25.1. The van der Waals surface area contributed by atoms with Gasteiger partial charge in [-0.1, -0.05) is 5.57 Å². The number of aromatic nitrogens is 6. The molecule has 3 aromatic heterocycles. The topological polar surface area (TPSA) is 116 Å². The third-order valence-electron chi connectivity index (χ3n) is 8.36. The van der Waals surface area contributed by atoms with E-state index in [-0.39, 0.29) is 29.3 Å². The van der Waals surface area contributed by atoms with Crippen molar-refractivity contribution in [2.24, 2.45) is 12.5 Å². The number of pyridine rings is 1. The van der Waals surface area contributed by atoms with E-state index in [1.807, 2.05) is 0 Å². The number of aryl methyl sites for hydroxylation is 1. The first-order chi connectivity index (χ1) is 22.0. The molecule has 1 aromatic carbocycles. The highest BCUT2D eigenvalue weighted by Crippen LogP contribution is 2.51. The molecule has 0 N–H and O–H groups in total. The predicted octanol–water partition coefficient (Wildman–Crippen LogP) is 5.17. The average Bonchev–Trinajstić information content (AvgIpc) is 3.64. The molecule has 3 heterocycles. The maximum absolute atomic E-state index is 14.3. The third-order valence-corrected chi connectivity index (χ3v) is 10.1. The summed E-state index contributed by atoms with van der Waals surface area (Å²) in [7, 11) is -3.59. The Kier molecular flexibility index (Phi) is 7.85. The van der Waals surface area contributed by atoms with Gasteiger partial charge in [0.2, 0.25) is 5.03 Å². The van der Waals surface area contributed by atoms with Crippen LogP contribution >= 0.6 is 0 Å². The van der Waals surface area contributed by atoms with Crippen LogP contribution in [0.4, 0.5) is 30.7 Å². The highest BCUT2D eigenvalue weighted by atomic mass is 32.2. The van der Waals surface area contributed by atoms with Crippen molar-refractivity contribution >= 4 is 21.9 Å². The van der Waals surface area contributed by atoms with Crippen LogP contribution in [-0.2, 0) is 29.7 Å². The fraction of sp³-hybridized carbons (Fsp3) is 0.345. The molecule has 2 aliphatic rings. The minimum Gasteiger partial charge on any atom is -0.291 e. The number of sulfonamides is 1. The number of alkyl halides is 6. The lowest BCUT2D eigenvalue weighted by Crippen LogP contribution is -2.52. The van der Waals surface area contributed by atoms with Crippen molar-refractivity contribution in [2.75, 3.05) is 6.54 Å². The summed E-state index contributed by atoms with van der Waals surface area (Å²) in [6, 6.07) is 5.58. The van der Waals surface area contributed by atoms with Gasteiger partial charge < -0.3 is 0 Å². The molecule has 6 rings (SSSR count). The lowest BCUT2D eigenvalue weighted by Gasteiger charge is -2.46. The van der Waals surface area contributed by atoms with Gasteiger partial charge in [-0.05, 0) is 73.7 Å². The Morgan fingerprint density at radius 2 is 1.74 bits per heavy atom. The maximum atomic E-state index is 14.3. The van der Waals surface area contributed by atoms with Gasteiger partial charge in [-0.3, -0.25) is 9.78 Å². The van der Waals surface area contributed by atoms with Crippen molar-refractivity contribution in [3.05, 3.63) is 88.9 Å². The van der Waals surface area contributed by atoms with Crippen molar-refractivity contribution < 1.29 is 43.9 Å². The van der Waals surface area contributed by atoms with Gasteiger partial charge in [0, 0.05) is 19.3 Å². The first-order valence-corrected chi connectivity index (χ1v) is 15.5. The Hall–Kier alpha value is -4.45. The van der Waals surface area contributed by atoms with E-state index in [0.717, 1.165) is 17.1 Å². The van der Waals surface area contributed by atoms with Gasteiger partial charge in [-0.2, -0.15) is 45.6 Å². The number of rotatable bonds is 7. The summed E-state index contributed by atoms with van der Waals surface area (Å²) >= 11 is 0. The quantitative estimate of drug-likeness (QED) is 0.195. The van der Waals surface area contributed by atoms with Gasteiger partial charge in [0.15, 0.2) is 5.78 Å². The lowest BCUT2D eigenvalue weighted by atomic mass is 9.60. The van der Waals surface area contributed by atoms with Crippen molar-refractivity contribution in [1.29, 1.82) is 0 Å². The van der Waals surface area contributed by atoms with Crippen molar-refractivity contribution in [3.8, 4) is 5.69 Å². The van der Waals surface area contributed by atoms with E-state index in [9.17, 15) is 43.9 Å². The van der Waals surface area contributed by atoms with Crippen LogP contribution in [-0.4, -0.2) is 67.0 Å². The molecule has 47 heavy (non-hydrogen) atoms. The number of carbonyl (C=O) groups is 1. The van der Waals surface area contributed by atoms with Crippen LogP contribution in [0.2, 0.25) is 0 Å². The lowest BCUT2D eigenvalue weighted by molar-refractivity contribution is -0.141. The molecule has 0 aliphatic heterocycles. The molecule has 2 aliphatic carbocycles. The molecule has 248 valence electrons. The maximum Gasteiger partial charge on any atom is 0.417 e. The first-order valence-electron chi connectivity index (χ1n) is 14.0. The molecule has 0 unspecified atom stereocenters. The normalized spacial score (nSPS) is 20.1. The molecule has 10 nitrogen and oxygen atoms in total. The number of hydrogen-bond donors (Lipinski definition) is 0. The summed E-state index contributed by atoms with van der Waals surface area (Å²) in [5, 5.41) is 11.0. The van der Waals surface area contributed by atoms with Crippen LogP contribution < -0.4 is 0 Å². The summed E-state index contributed by atoms with van der Waals surface area (Å²) in [5.41, 5.74) is -1.32. The molecule has 1 saturated carbocycles. The fourth-order valence-corrected chi connectivity index (χ4v) is 7.74. The standard InChI is InChI=1S/C29H24F7N7O3S/c1-41-38-15-25(40-41)47(45,46)42(16-28(31,32)33)22-6-2-18-10-24-17(13-39-43(24)21-7-4-20(30)5-8-21)11-27(18,12-22)26(44)23-9-3-19(14-37-23)29(34,35)36/h3-5,7-10,13-15,22H,2,6,11-12,16H2,1H3/t22-,27-/m0/s1. The Labute approximate surface area is 262 Å². The van der Waals surface area contributed by atoms with Crippen molar-refractivity contribution in [3.63, 3.8) is 0 Å². The van der Waals surface area contributed by atoms with Gasteiger partial charge in [-0.15, -0.1) is 5.10 Å². The number of fused-ring (bicyclic) bond motifs is 2. The van der Waals surface area contributed by atoms with Crippen LogP contribution in [0.5, 0.6) is 0 Å². The first kappa shape index (κ1) is 32.5.